The number of carbonyl (C=O) groups is 1. The Hall–Kier alpha value is -2.49. The SMILES string of the molecule is CC(C)N(C(=O)c1ccc(O)cc1)c1ccc(O)cc1. The van der Waals surface area contributed by atoms with Crippen LogP contribution in [-0.2, 0) is 0 Å². The fraction of sp³-hybridized carbons (Fsp3) is 0.188. The Bertz CT molecular complexity index is 588. The number of carbonyl (C=O) groups excluding carboxylic acids is 1. The lowest BCUT2D eigenvalue weighted by Crippen LogP contribution is -2.36. The lowest BCUT2D eigenvalue weighted by atomic mass is 10.1. The van der Waals surface area contributed by atoms with Crippen molar-refractivity contribution in [3.05, 3.63) is 54.1 Å². The fourth-order valence-corrected chi connectivity index (χ4v) is 2.01. The Kier molecular flexibility index (Phi) is 3.94. The molecule has 1 amide bonds. The highest BCUT2D eigenvalue weighted by molar-refractivity contribution is 6.06. The monoisotopic (exact) mass is 271 g/mol. The third-order valence-corrected chi connectivity index (χ3v) is 2.98. The molecule has 2 rings (SSSR count). The number of aromatic hydroxyl groups is 2. The number of rotatable bonds is 3. The van der Waals surface area contributed by atoms with Gasteiger partial charge in [0.1, 0.15) is 11.5 Å². The van der Waals surface area contributed by atoms with Gasteiger partial charge < -0.3 is 15.1 Å². The van der Waals surface area contributed by atoms with Gasteiger partial charge in [0.25, 0.3) is 5.91 Å². The summed E-state index contributed by atoms with van der Waals surface area (Å²) < 4.78 is 0. The molecule has 0 bridgehead atoms. The van der Waals surface area contributed by atoms with Crippen molar-refractivity contribution in [2.75, 3.05) is 4.90 Å². The van der Waals surface area contributed by atoms with E-state index >= 15 is 0 Å². The predicted molar refractivity (Wildman–Crippen MR) is 78.2 cm³/mol. The van der Waals surface area contributed by atoms with Crippen LogP contribution in [0, 0.1) is 0 Å². The van der Waals surface area contributed by atoms with E-state index in [0.29, 0.717) is 5.56 Å². The van der Waals surface area contributed by atoms with Gasteiger partial charge in [0.2, 0.25) is 0 Å². The molecule has 0 saturated carbocycles. The molecule has 4 heteroatoms. The summed E-state index contributed by atoms with van der Waals surface area (Å²) in [6, 6.07) is 12.6. The first-order chi connectivity index (χ1) is 9.49. The molecule has 2 aromatic rings. The second-order valence-electron chi connectivity index (χ2n) is 4.83. The molecule has 20 heavy (non-hydrogen) atoms. The normalized spacial score (nSPS) is 10.6. The summed E-state index contributed by atoms with van der Waals surface area (Å²) in [5.74, 6) is 0.141. The van der Waals surface area contributed by atoms with Gasteiger partial charge in [-0.05, 0) is 62.4 Å². The summed E-state index contributed by atoms with van der Waals surface area (Å²) in [5, 5.41) is 18.6. The standard InChI is InChI=1S/C16H17NO3/c1-11(2)17(13-5-9-15(19)10-6-13)16(20)12-3-7-14(18)8-4-12/h3-11,18-19H,1-2H3. The number of nitrogens with zero attached hydrogens (tertiary/aromatic N) is 1. The predicted octanol–water partition coefficient (Wildman–Crippen LogP) is 3.15. The number of hydrogen-bond donors (Lipinski definition) is 2. The number of anilines is 1. The van der Waals surface area contributed by atoms with Gasteiger partial charge in [-0.15, -0.1) is 0 Å². The fourth-order valence-electron chi connectivity index (χ4n) is 2.01. The summed E-state index contributed by atoms with van der Waals surface area (Å²) in [7, 11) is 0. The molecule has 0 fully saturated rings. The summed E-state index contributed by atoms with van der Waals surface area (Å²) in [6.07, 6.45) is 0. The third-order valence-electron chi connectivity index (χ3n) is 2.98. The smallest absolute Gasteiger partial charge is 0.258 e. The average Bonchev–Trinajstić information content (AvgIpc) is 2.41. The van der Waals surface area contributed by atoms with E-state index in [1.165, 1.54) is 12.1 Å². The summed E-state index contributed by atoms with van der Waals surface area (Å²) in [4.78, 5) is 14.2. The zero-order chi connectivity index (χ0) is 14.7. The molecule has 0 heterocycles. The number of amides is 1. The Morgan fingerprint density at radius 1 is 0.900 bits per heavy atom. The van der Waals surface area contributed by atoms with Gasteiger partial charge in [-0.1, -0.05) is 0 Å². The lowest BCUT2D eigenvalue weighted by Gasteiger charge is -2.27. The first-order valence-electron chi connectivity index (χ1n) is 6.40. The summed E-state index contributed by atoms with van der Waals surface area (Å²) in [6.45, 7) is 3.84. The highest BCUT2D eigenvalue weighted by atomic mass is 16.3. The van der Waals surface area contributed by atoms with Gasteiger partial charge in [-0.3, -0.25) is 4.79 Å². The van der Waals surface area contributed by atoms with Crippen molar-refractivity contribution in [3.8, 4) is 11.5 Å². The highest BCUT2D eigenvalue weighted by Gasteiger charge is 2.20. The van der Waals surface area contributed by atoms with E-state index in [9.17, 15) is 15.0 Å². The first-order valence-corrected chi connectivity index (χ1v) is 6.40. The first kappa shape index (κ1) is 13.9. The van der Waals surface area contributed by atoms with Crippen LogP contribution in [0.15, 0.2) is 48.5 Å². The molecule has 0 aliphatic heterocycles. The average molecular weight is 271 g/mol. The second-order valence-corrected chi connectivity index (χ2v) is 4.83. The van der Waals surface area contributed by atoms with Crippen LogP contribution in [0.1, 0.15) is 24.2 Å². The number of phenolic OH excluding ortho intramolecular Hbond substituents is 2. The highest BCUT2D eigenvalue weighted by Crippen LogP contribution is 2.23. The van der Waals surface area contributed by atoms with Gasteiger partial charge in [-0.2, -0.15) is 0 Å². The molecule has 2 N–H and O–H groups in total. The number of phenols is 2. The van der Waals surface area contributed by atoms with Crippen LogP contribution in [0.25, 0.3) is 0 Å². The molecule has 0 saturated heterocycles. The minimum absolute atomic E-state index is 0.0270. The molecule has 4 nitrogen and oxygen atoms in total. The molecule has 104 valence electrons. The van der Waals surface area contributed by atoms with Crippen LogP contribution in [0.5, 0.6) is 11.5 Å². The van der Waals surface area contributed by atoms with E-state index in [-0.39, 0.29) is 23.4 Å². The summed E-state index contributed by atoms with van der Waals surface area (Å²) in [5.41, 5.74) is 1.22. The quantitative estimate of drug-likeness (QED) is 0.901. The van der Waals surface area contributed by atoms with Gasteiger partial charge in [-0.25, -0.2) is 0 Å². The van der Waals surface area contributed by atoms with Gasteiger partial charge in [0, 0.05) is 17.3 Å². The molecule has 0 unspecified atom stereocenters. The largest absolute Gasteiger partial charge is 0.508 e. The number of benzene rings is 2. The minimum atomic E-state index is -0.148. The van der Waals surface area contributed by atoms with Crippen molar-refractivity contribution in [1.82, 2.24) is 0 Å². The van der Waals surface area contributed by atoms with Crippen molar-refractivity contribution in [2.24, 2.45) is 0 Å². The maximum atomic E-state index is 12.6. The van der Waals surface area contributed by atoms with E-state index in [4.69, 9.17) is 0 Å². The molecule has 0 aliphatic rings. The van der Waals surface area contributed by atoms with Gasteiger partial charge >= 0.3 is 0 Å². The van der Waals surface area contributed by atoms with Crippen molar-refractivity contribution < 1.29 is 15.0 Å². The third kappa shape index (κ3) is 2.91. The van der Waals surface area contributed by atoms with Crippen molar-refractivity contribution in [3.63, 3.8) is 0 Å². The molecule has 0 aliphatic carbocycles. The zero-order valence-electron chi connectivity index (χ0n) is 11.4. The van der Waals surface area contributed by atoms with Gasteiger partial charge in [0.15, 0.2) is 0 Å². The van der Waals surface area contributed by atoms with Crippen molar-refractivity contribution >= 4 is 11.6 Å². The number of hydrogen-bond acceptors (Lipinski definition) is 3. The minimum Gasteiger partial charge on any atom is -0.508 e. The maximum absolute atomic E-state index is 12.6. The van der Waals surface area contributed by atoms with Crippen LogP contribution in [0.2, 0.25) is 0 Å². The molecule has 0 radical (unpaired) electrons. The maximum Gasteiger partial charge on any atom is 0.258 e. The Morgan fingerprint density at radius 2 is 1.35 bits per heavy atom. The molecular weight excluding hydrogens is 254 g/mol. The van der Waals surface area contributed by atoms with Crippen molar-refractivity contribution in [1.29, 1.82) is 0 Å². The van der Waals surface area contributed by atoms with Crippen molar-refractivity contribution in [2.45, 2.75) is 19.9 Å². The van der Waals surface area contributed by atoms with E-state index in [2.05, 4.69) is 0 Å². The molecule has 0 spiro atoms. The molecular formula is C16H17NO3. The van der Waals surface area contributed by atoms with Gasteiger partial charge in [0.05, 0.1) is 0 Å². The Morgan fingerprint density at radius 3 is 1.80 bits per heavy atom. The second kappa shape index (κ2) is 5.65. The molecule has 0 atom stereocenters. The van der Waals surface area contributed by atoms with E-state index < -0.39 is 0 Å². The summed E-state index contributed by atoms with van der Waals surface area (Å²) >= 11 is 0. The lowest BCUT2D eigenvalue weighted by molar-refractivity contribution is 0.0980. The van der Waals surface area contributed by atoms with E-state index in [1.54, 1.807) is 41.3 Å². The molecule has 2 aromatic carbocycles. The topological polar surface area (TPSA) is 60.8 Å². The molecule has 0 aromatic heterocycles. The van der Waals surface area contributed by atoms with E-state index in [0.717, 1.165) is 5.69 Å². The van der Waals surface area contributed by atoms with Crippen LogP contribution in [-0.4, -0.2) is 22.2 Å². The Labute approximate surface area is 117 Å². The zero-order valence-corrected chi connectivity index (χ0v) is 11.4. The van der Waals surface area contributed by atoms with Crippen LogP contribution in [0.3, 0.4) is 0 Å². The van der Waals surface area contributed by atoms with Crippen LogP contribution < -0.4 is 4.90 Å². The van der Waals surface area contributed by atoms with Crippen LogP contribution in [0.4, 0.5) is 5.69 Å². The van der Waals surface area contributed by atoms with Crippen LogP contribution >= 0.6 is 0 Å². The Balaban J connectivity index is 2.35. The van der Waals surface area contributed by atoms with E-state index in [1.807, 2.05) is 13.8 Å².